The van der Waals surface area contributed by atoms with E-state index < -0.39 is 5.91 Å². The Hall–Kier alpha value is -2.16. The molecule has 0 atom stereocenters. The van der Waals surface area contributed by atoms with Gasteiger partial charge in [-0.3, -0.25) is 4.79 Å². The van der Waals surface area contributed by atoms with E-state index in [9.17, 15) is 4.79 Å². The first-order valence-electron chi connectivity index (χ1n) is 8.03. The Morgan fingerprint density at radius 3 is 2.36 bits per heavy atom. The molecule has 3 heteroatoms. The number of carbonyl (C=O) groups is 1. The lowest BCUT2D eigenvalue weighted by molar-refractivity contribution is 0.0995. The second kappa shape index (κ2) is 6.30. The molecular weight excluding hydrogens is 272 g/mol. The van der Waals surface area contributed by atoms with Crippen molar-refractivity contribution >= 4 is 5.91 Å². The number of hydrogen-bond acceptors (Lipinski definition) is 2. The molecule has 1 heterocycles. The third-order valence-electron chi connectivity index (χ3n) is 4.61. The third-order valence-corrected chi connectivity index (χ3v) is 4.61. The highest BCUT2D eigenvalue weighted by molar-refractivity contribution is 5.91. The maximum absolute atomic E-state index is 11.3. The number of hydrogen-bond donors (Lipinski definition) is 1. The molecule has 0 spiro atoms. The third kappa shape index (κ3) is 3.03. The molecular formula is C19H22N2O. The molecule has 0 aliphatic heterocycles. The van der Waals surface area contributed by atoms with E-state index in [1.54, 1.807) is 6.07 Å². The number of carbonyl (C=O) groups excluding carboxylic acids is 1. The van der Waals surface area contributed by atoms with Gasteiger partial charge in [-0.25, -0.2) is 4.98 Å². The van der Waals surface area contributed by atoms with Crippen LogP contribution in [0.5, 0.6) is 0 Å². The van der Waals surface area contributed by atoms with Gasteiger partial charge in [0.25, 0.3) is 5.91 Å². The zero-order valence-corrected chi connectivity index (χ0v) is 13.0. The molecule has 1 aromatic heterocycles. The average molecular weight is 294 g/mol. The topological polar surface area (TPSA) is 56.0 Å². The highest BCUT2D eigenvalue weighted by atomic mass is 16.1. The lowest BCUT2D eigenvalue weighted by Gasteiger charge is -2.22. The molecule has 22 heavy (non-hydrogen) atoms. The fourth-order valence-corrected chi connectivity index (χ4v) is 3.31. The minimum Gasteiger partial charge on any atom is -0.364 e. The van der Waals surface area contributed by atoms with Crippen LogP contribution in [-0.4, -0.2) is 10.9 Å². The maximum Gasteiger partial charge on any atom is 0.267 e. The van der Waals surface area contributed by atoms with Crippen molar-refractivity contribution in [2.45, 2.75) is 44.9 Å². The number of aromatic nitrogens is 1. The van der Waals surface area contributed by atoms with Crippen molar-refractivity contribution in [2.24, 2.45) is 5.73 Å². The number of amides is 1. The number of rotatable bonds is 3. The summed E-state index contributed by atoms with van der Waals surface area (Å²) >= 11 is 0. The van der Waals surface area contributed by atoms with Crippen molar-refractivity contribution in [3.8, 4) is 11.3 Å². The number of nitrogens with two attached hydrogens (primary N) is 1. The monoisotopic (exact) mass is 294 g/mol. The molecule has 1 aromatic carbocycles. The van der Waals surface area contributed by atoms with Crippen LogP contribution in [0, 0.1) is 6.92 Å². The molecule has 2 aromatic rings. The molecule has 3 rings (SSSR count). The van der Waals surface area contributed by atoms with Gasteiger partial charge >= 0.3 is 0 Å². The van der Waals surface area contributed by atoms with Gasteiger partial charge in [0, 0.05) is 5.56 Å². The summed E-state index contributed by atoms with van der Waals surface area (Å²) in [5, 5.41) is 0. The van der Waals surface area contributed by atoms with Crippen LogP contribution in [0.1, 0.15) is 59.6 Å². The van der Waals surface area contributed by atoms with Gasteiger partial charge in [-0.1, -0.05) is 49.6 Å². The first-order chi connectivity index (χ1) is 10.6. The summed E-state index contributed by atoms with van der Waals surface area (Å²) in [4.78, 5) is 15.7. The summed E-state index contributed by atoms with van der Waals surface area (Å²) in [6.07, 6.45) is 6.65. The molecule has 2 N–H and O–H groups in total. The van der Waals surface area contributed by atoms with Crippen molar-refractivity contribution < 1.29 is 4.79 Å². The van der Waals surface area contributed by atoms with Gasteiger partial charge in [-0.05, 0) is 42.9 Å². The lowest BCUT2D eigenvalue weighted by Crippen LogP contribution is -2.13. The van der Waals surface area contributed by atoms with Crippen LogP contribution in [0.3, 0.4) is 0 Å². The van der Waals surface area contributed by atoms with Gasteiger partial charge < -0.3 is 5.73 Å². The lowest BCUT2D eigenvalue weighted by atomic mass is 9.84. The Labute approximate surface area is 131 Å². The molecule has 0 radical (unpaired) electrons. The SMILES string of the molecule is Cc1ccc(C(N)=O)nc1-c1ccc(C2CCCCC2)cc1. The second-order valence-corrected chi connectivity index (χ2v) is 6.18. The molecule has 1 saturated carbocycles. The summed E-state index contributed by atoms with van der Waals surface area (Å²) in [7, 11) is 0. The van der Waals surface area contributed by atoms with E-state index in [-0.39, 0.29) is 0 Å². The second-order valence-electron chi connectivity index (χ2n) is 6.18. The van der Waals surface area contributed by atoms with E-state index in [0.29, 0.717) is 11.6 Å². The fraction of sp³-hybridized carbons (Fsp3) is 0.368. The van der Waals surface area contributed by atoms with Crippen LogP contribution < -0.4 is 5.73 Å². The molecule has 0 saturated heterocycles. The molecule has 1 amide bonds. The van der Waals surface area contributed by atoms with Crippen LogP contribution in [-0.2, 0) is 0 Å². The first kappa shape index (κ1) is 14.8. The van der Waals surface area contributed by atoms with Crippen molar-refractivity contribution in [1.82, 2.24) is 4.98 Å². The van der Waals surface area contributed by atoms with E-state index in [0.717, 1.165) is 16.8 Å². The Bertz CT molecular complexity index is 670. The number of nitrogens with zero attached hydrogens (tertiary/aromatic N) is 1. The van der Waals surface area contributed by atoms with Gasteiger partial charge in [-0.15, -0.1) is 0 Å². The van der Waals surface area contributed by atoms with Crippen molar-refractivity contribution in [2.75, 3.05) is 0 Å². The molecule has 1 aliphatic carbocycles. The highest BCUT2D eigenvalue weighted by Crippen LogP contribution is 2.33. The molecule has 1 fully saturated rings. The molecule has 1 aliphatic rings. The summed E-state index contributed by atoms with van der Waals surface area (Å²) < 4.78 is 0. The standard InChI is InChI=1S/C19H22N2O/c1-13-7-12-17(19(20)22)21-18(13)16-10-8-15(9-11-16)14-5-3-2-4-6-14/h7-12,14H,2-6H2,1H3,(H2,20,22). The zero-order valence-electron chi connectivity index (χ0n) is 13.0. The number of aryl methyl sites for hydroxylation is 1. The van der Waals surface area contributed by atoms with Crippen LogP contribution in [0.4, 0.5) is 0 Å². The minimum absolute atomic E-state index is 0.317. The molecule has 3 nitrogen and oxygen atoms in total. The van der Waals surface area contributed by atoms with Crippen molar-refractivity contribution in [3.05, 3.63) is 53.2 Å². The van der Waals surface area contributed by atoms with Crippen LogP contribution >= 0.6 is 0 Å². The van der Waals surface area contributed by atoms with E-state index in [1.165, 1.54) is 37.7 Å². The van der Waals surface area contributed by atoms with Gasteiger partial charge in [0.1, 0.15) is 5.69 Å². The van der Waals surface area contributed by atoms with E-state index >= 15 is 0 Å². The van der Waals surface area contributed by atoms with Crippen molar-refractivity contribution in [3.63, 3.8) is 0 Å². The van der Waals surface area contributed by atoms with E-state index in [4.69, 9.17) is 5.73 Å². The number of pyridine rings is 1. The van der Waals surface area contributed by atoms with Crippen LogP contribution in [0.15, 0.2) is 36.4 Å². The zero-order chi connectivity index (χ0) is 15.5. The number of benzene rings is 1. The molecule has 0 bridgehead atoms. The summed E-state index contributed by atoms with van der Waals surface area (Å²) in [5.41, 5.74) is 10.0. The average Bonchev–Trinajstić information content (AvgIpc) is 2.56. The van der Waals surface area contributed by atoms with Gasteiger partial charge in [0.05, 0.1) is 5.69 Å². The van der Waals surface area contributed by atoms with Crippen LogP contribution in [0.25, 0.3) is 11.3 Å². The Balaban J connectivity index is 1.89. The quantitative estimate of drug-likeness (QED) is 0.922. The summed E-state index contributed by atoms with van der Waals surface area (Å²) in [6.45, 7) is 2.00. The predicted molar refractivity (Wildman–Crippen MR) is 88.8 cm³/mol. The first-order valence-corrected chi connectivity index (χ1v) is 8.03. The van der Waals surface area contributed by atoms with Crippen molar-refractivity contribution in [1.29, 1.82) is 0 Å². The Kier molecular flexibility index (Phi) is 4.23. The largest absolute Gasteiger partial charge is 0.364 e. The van der Waals surface area contributed by atoms with Gasteiger partial charge in [0.15, 0.2) is 0 Å². The smallest absolute Gasteiger partial charge is 0.267 e. The minimum atomic E-state index is -0.486. The van der Waals surface area contributed by atoms with E-state index in [1.807, 2.05) is 13.0 Å². The van der Waals surface area contributed by atoms with Gasteiger partial charge in [0.2, 0.25) is 0 Å². The summed E-state index contributed by atoms with van der Waals surface area (Å²) in [5.74, 6) is 0.217. The molecule has 0 unspecified atom stereocenters. The maximum atomic E-state index is 11.3. The Morgan fingerprint density at radius 2 is 1.73 bits per heavy atom. The highest BCUT2D eigenvalue weighted by Gasteiger charge is 2.16. The van der Waals surface area contributed by atoms with Crippen LogP contribution in [0.2, 0.25) is 0 Å². The normalized spacial score (nSPS) is 15.7. The van der Waals surface area contributed by atoms with E-state index in [2.05, 4.69) is 29.2 Å². The predicted octanol–water partition coefficient (Wildman–Crippen LogP) is 4.20. The Morgan fingerprint density at radius 1 is 1.05 bits per heavy atom. The fourth-order valence-electron chi connectivity index (χ4n) is 3.31. The summed E-state index contributed by atoms with van der Waals surface area (Å²) in [6, 6.07) is 12.2. The molecule has 114 valence electrons. The number of primary amides is 1. The van der Waals surface area contributed by atoms with Gasteiger partial charge in [-0.2, -0.15) is 0 Å².